The lowest BCUT2D eigenvalue weighted by atomic mass is 10.1. The predicted molar refractivity (Wildman–Crippen MR) is 106 cm³/mol. The Labute approximate surface area is 157 Å². The third-order valence-electron chi connectivity index (χ3n) is 5.05. The summed E-state index contributed by atoms with van der Waals surface area (Å²) in [4.78, 5) is 27.1. The van der Waals surface area contributed by atoms with Crippen molar-refractivity contribution in [2.75, 3.05) is 29.9 Å². The van der Waals surface area contributed by atoms with E-state index in [0.29, 0.717) is 19.6 Å². The summed E-state index contributed by atoms with van der Waals surface area (Å²) in [7, 11) is 0. The molecule has 0 aromatic heterocycles. The smallest absolute Gasteiger partial charge is 0.407 e. The van der Waals surface area contributed by atoms with Crippen LogP contribution in [0.1, 0.15) is 17.5 Å². The number of nitrogens with one attached hydrogen (secondary N) is 1. The minimum absolute atomic E-state index is 0.0800. The van der Waals surface area contributed by atoms with Gasteiger partial charge >= 0.3 is 6.09 Å². The van der Waals surface area contributed by atoms with Crippen LogP contribution in [-0.2, 0) is 4.79 Å². The number of fused-ring (bicyclic) bond motifs is 3. The predicted octanol–water partition coefficient (Wildman–Crippen LogP) is 3.37. The number of benzene rings is 2. The SMILES string of the molecule is O=C1CC2CN(C(=O)O)CCN2c2cc(/C=C/c3ccccc3)ccc2N1. The van der Waals surface area contributed by atoms with Gasteiger partial charge in [0.25, 0.3) is 0 Å². The highest BCUT2D eigenvalue weighted by Gasteiger charge is 2.34. The molecule has 4 rings (SSSR count). The number of rotatable bonds is 2. The summed E-state index contributed by atoms with van der Waals surface area (Å²) in [5, 5.41) is 12.2. The topological polar surface area (TPSA) is 72.9 Å². The van der Waals surface area contributed by atoms with Crippen molar-refractivity contribution in [2.45, 2.75) is 12.5 Å². The number of anilines is 2. The molecule has 27 heavy (non-hydrogen) atoms. The van der Waals surface area contributed by atoms with Crippen molar-refractivity contribution in [2.24, 2.45) is 0 Å². The molecule has 2 aliphatic rings. The third-order valence-corrected chi connectivity index (χ3v) is 5.05. The number of carbonyl (C=O) groups is 2. The minimum atomic E-state index is -0.931. The van der Waals surface area contributed by atoms with Gasteiger partial charge in [0, 0.05) is 26.1 Å². The van der Waals surface area contributed by atoms with Gasteiger partial charge in [-0.2, -0.15) is 0 Å². The fraction of sp³-hybridized carbons (Fsp3) is 0.238. The second kappa shape index (κ2) is 7.15. The van der Waals surface area contributed by atoms with Crippen LogP contribution in [0.15, 0.2) is 48.5 Å². The van der Waals surface area contributed by atoms with E-state index in [9.17, 15) is 14.7 Å². The molecular weight excluding hydrogens is 342 g/mol. The molecule has 0 saturated carbocycles. The number of carboxylic acid groups (broad SMARTS) is 1. The Balaban J connectivity index is 1.64. The van der Waals surface area contributed by atoms with E-state index in [1.54, 1.807) is 0 Å². The lowest BCUT2D eigenvalue weighted by molar-refractivity contribution is -0.116. The van der Waals surface area contributed by atoms with Crippen LogP contribution < -0.4 is 10.2 Å². The summed E-state index contributed by atoms with van der Waals surface area (Å²) in [5.74, 6) is -0.0800. The van der Waals surface area contributed by atoms with E-state index in [2.05, 4.69) is 22.4 Å². The molecule has 2 aliphatic heterocycles. The molecule has 2 heterocycles. The van der Waals surface area contributed by atoms with Gasteiger partial charge in [-0.3, -0.25) is 4.79 Å². The normalized spacial score (nSPS) is 19.3. The second-order valence-electron chi connectivity index (χ2n) is 6.85. The molecule has 2 aromatic rings. The molecule has 0 spiro atoms. The number of hydrogen-bond acceptors (Lipinski definition) is 3. The van der Waals surface area contributed by atoms with Crippen molar-refractivity contribution in [1.82, 2.24) is 4.90 Å². The summed E-state index contributed by atoms with van der Waals surface area (Å²) in [6.45, 7) is 1.35. The fourth-order valence-corrected chi connectivity index (χ4v) is 3.69. The van der Waals surface area contributed by atoms with Gasteiger partial charge in [-0.1, -0.05) is 48.6 Å². The van der Waals surface area contributed by atoms with Gasteiger partial charge in [-0.05, 0) is 23.3 Å². The van der Waals surface area contributed by atoms with Crippen molar-refractivity contribution in [1.29, 1.82) is 0 Å². The van der Waals surface area contributed by atoms with E-state index in [1.165, 1.54) is 4.90 Å². The average molecular weight is 363 g/mol. The first-order chi connectivity index (χ1) is 13.1. The summed E-state index contributed by atoms with van der Waals surface area (Å²) in [6, 6.07) is 15.9. The van der Waals surface area contributed by atoms with Crippen molar-refractivity contribution in [3.05, 3.63) is 59.7 Å². The Bertz CT molecular complexity index is 895. The minimum Gasteiger partial charge on any atom is -0.465 e. The maximum atomic E-state index is 12.3. The van der Waals surface area contributed by atoms with Crippen LogP contribution in [0.3, 0.4) is 0 Å². The maximum Gasteiger partial charge on any atom is 0.407 e. The van der Waals surface area contributed by atoms with Crippen LogP contribution in [0.25, 0.3) is 12.2 Å². The summed E-state index contributed by atoms with van der Waals surface area (Å²) in [6.07, 6.45) is 3.45. The third kappa shape index (κ3) is 3.65. The van der Waals surface area contributed by atoms with E-state index < -0.39 is 6.09 Å². The van der Waals surface area contributed by atoms with Crippen molar-refractivity contribution in [3.8, 4) is 0 Å². The molecule has 1 unspecified atom stereocenters. The molecule has 1 atom stereocenters. The largest absolute Gasteiger partial charge is 0.465 e. The Kier molecular flexibility index (Phi) is 4.54. The molecular formula is C21H21N3O3. The van der Waals surface area contributed by atoms with Gasteiger partial charge in [0.05, 0.1) is 17.4 Å². The highest BCUT2D eigenvalue weighted by molar-refractivity contribution is 5.97. The molecule has 1 fully saturated rings. The van der Waals surface area contributed by atoms with E-state index in [1.807, 2.05) is 48.5 Å². The number of nitrogens with zero attached hydrogens (tertiary/aromatic N) is 2. The number of carbonyl (C=O) groups excluding carboxylic acids is 1. The average Bonchev–Trinajstić information content (AvgIpc) is 2.81. The highest BCUT2D eigenvalue weighted by atomic mass is 16.4. The molecule has 1 saturated heterocycles. The monoisotopic (exact) mass is 363 g/mol. The molecule has 2 N–H and O–H groups in total. The molecule has 0 radical (unpaired) electrons. The van der Waals surface area contributed by atoms with Crippen molar-refractivity contribution < 1.29 is 14.7 Å². The molecule has 6 heteroatoms. The Hall–Kier alpha value is -3.28. The highest BCUT2D eigenvalue weighted by Crippen LogP contribution is 2.34. The zero-order chi connectivity index (χ0) is 18.8. The molecule has 0 bridgehead atoms. The van der Waals surface area contributed by atoms with Gasteiger partial charge < -0.3 is 20.2 Å². The molecule has 0 aliphatic carbocycles. The van der Waals surface area contributed by atoms with Crippen LogP contribution in [-0.4, -0.2) is 47.7 Å². The van der Waals surface area contributed by atoms with E-state index >= 15 is 0 Å². The molecule has 2 amide bonds. The Morgan fingerprint density at radius 2 is 1.85 bits per heavy atom. The van der Waals surface area contributed by atoms with E-state index in [4.69, 9.17) is 0 Å². The zero-order valence-corrected chi connectivity index (χ0v) is 14.8. The van der Waals surface area contributed by atoms with Gasteiger partial charge in [0.1, 0.15) is 0 Å². The number of amides is 2. The number of hydrogen-bond donors (Lipinski definition) is 2. The summed E-state index contributed by atoms with van der Waals surface area (Å²) in [5.41, 5.74) is 3.89. The lowest BCUT2D eigenvalue weighted by Crippen LogP contribution is -2.54. The standard InChI is InChI=1S/C21H21N3O3/c25-20-13-17-14-23(21(26)27)10-11-24(17)19-12-16(8-9-18(19)22-20)7-6-15-4-2-1-3-5-15/h1-9,12,17H,10-11,13-14H2,(H,22,25)(H,26,27)/b7-6+. The van der Waals surface area contributed by atoms with Crippen LogP contribution in [0, 0.1) is 0 Å². The second-order valence-corrected chi connectivity index (χ2v) is 6.85. The van der Waals surface area contributed by atoms with Crippen molar-refractivity contribution in [3.63, 3.8) is 0 Å². The summed E-state index contributed by atoms with van der Waals surface area (Å²) >= 11 is 0. The number of piperazine rings is 1. The molecule has 2 aromatic carbocycles. The van der Waals surface area contributed by atoms with Crippen LogP contribution in [0.2, 0.25) is 0 Å². The van der Waals surface area contributed by atoms with Gasteiger partial charge in [-0.25, -0.2) is 4.79 Å². The van der Waals surface area contributed by atoms with E-state index in [0.717, 1.165) is 22.5 Å². The first-order valence-corrected chi connectivity index (χ1v) is 9.02. The molecule has 138 valence electrons. The first-order valence-electron chi connectivity index (χ1n) is 9.02. The van der Waals surface area contributed by atoms with Crippen LogP contribution in [0.5, 0.6) is 0 Å². The zero-order valence-electron chi connectivity index (χ0n) is 14.8. The summed E-state index contributed by atoms with van der Waals surface area (Å²) < 4.78 is 0. The van der Waals surface area contributed by atoms with Gasteiger partial charge in [0.2, 0.25) is 5.91 Å². The lowest BCUT2D eigenvalue weighted by Gasteiger charge is -2.40. The van der Waals surface area contributed by atoms with Gasteiger partial charge in [0.15, 0.2) is 0 Å². The van der Waals surface area contributed by atoms with Gasteiger partial charge in [-0.15, -0.1) is 0 Å². The maximum absolute atomic E-state index is 12.3. The van der Waals surface area contributed by atoms with E-state index in [-0.39, 0.29) is 18.4 Å². The van der Waals surface area contributed by atoms with Crippen LogP contribution >= 0.6 is 0 Å². The van der Waals surface area contributed by atoms with Crippen molar-refractivity contribution >= 4 is 35.5 Å². The molecule has 6 nitrogen and oxygen atoms in total. The fourth-order valence-electron chi connectivity index (χ4n) is 3.69. The van der Waals surface area contributed by atoms with Crippen LogP contribution in [0.4, 0.5) is 16.2 Å². The quantitative estimate of drug-likeness (QED) is 0.803. The Morgan fingerprint density at radius 1 is 1.07 bits per heavy atom. The first kappa shape index (κ1) is 17.1. The Morgan fingerprint density at radius 3 is 2.63 bits per heavy atom.